The molecule has 32 heavy (non-hydrogen) atoms. The minimum Gasteiger partial charge on any atom is -0.486 e. The molecule has 3 aromatic carbocycles. The maximum atomic E-state index is 12.6. The van der Waals surface area contributed by atoms with Gasteiger partial charge in [0.15, 0.2) is 11.5 Å². The summed E-state index contributed by atoms with van der Waals surface area (Å²) in [6.45, 7) is 5.71. The van der Waals surface area contributed by atoms with E-state index in [1.807, 2.05) is 66.7 Å². The second-order valence-electron chi connectivity index (χ2n) is 7.96. The zero-order valence-corrected chi connectivity index (χ0v) is 18.5. The summed E-state index contributed by atoms with van der Waals surface area (Å²) in [5, 5.41) is 3.00. The highest BCUT2D eigenvalue weighted by atomic mass is 16.5. The lowest BCUT2D eigenvalue weighted by atomic mass is 10.1. The van der Waals surface area contributed by atoms with Gasteiger partial charge in [0.1, 0.15) is 11.9 Å². The van der Waals surface area contributed by atoms with Crippen molar-refractivity contribution in [3.63, 3.8) is 0 Å². The van der Waals surface area contributed by atoms with E-state index in [0.29, 0.717) is 17.9 Å². The molecule has 1 amide bonds. The smallest absolute Gasteiger partial charge is 0.251 e. The van der Waals surface area contributed by atoms with Crippen LogP contribution >= 0.6 is 0 Å². The Morgan fingerprint density at radius 3 is 2.31 bits per heavy atom. The van der Waals surface area contributed by atoms with Crippen molar-refractivity contribution in [3.8, 4) is 17.2 Å². The van der Waals surface area contributed by atoms with Crippen LogP contribution in [0.5, 0.6) is 17.2 Å². The number of benzene rings is 3. The number of rotatable bonds is 8. The minimum absolute atomic E-state index is 0.116. The van der Waals surface area contributed by atoms with Gasteiger partial charge in [0.2, 0.25) is 0 Å². The van der Waals surface area contributed by atoms with Crippen molar-refractivity contribution < 1.29 is 14.3 Å². The Labute approximate surface area is 190 Å². The van der Waals surface area contributed by atoms with E-state index in [-0.39, 0.29) is 12.0 Å². The molecule has 1 N–H and O–H groups in total. The molecule has 1 saturated heterocycles. The van der Waals surface area contributed by atoms with Crippen LogP contribution in [0.25, 0.3) is 0 Å². The van der Waals surface area contributed by atoms with Crippen molar-refractivity contribution in [1.82, 2.24) is 10.2 Å². The summed E-state index contributed by atoms with van der Waals surface area (Å²) in [6.07, 6.45) is 2.14. The molecule has 1 fully saturated rings. The van der Waals surface area contributed by atoms with Gasteiger partial charge in [-0.1, -0.05) is 55.5 Å². The maximum Gasteiger partial charge on any atom is 0.251 e. The quantitative estimate of drug-likeness (QED) is 0.529. The number of amides is 1. The molecule has 0 aromatic heterocycles. The van der Waals surface area contributed by atoms with Gasteiger partial charge in [0, 0.05) is 30.8 Å². The largest absolute Gasteiger partial charge is 0.486 e. The highest BCUT2D eigenvalue weighted by Crippen LogP contribution is 2.36. The Kier molecular flexibility index (Phi) is 7.41. The van der Waals surface area contributed by atoms with Crippen LogP contribution in [0.3, 0.4) is 0 Å². The molecular formula is C27H30N2O3. The van der Waals surface area contributed by atoms with Gasteiger partial charge in [-0.15, -0.1) is 0 Å². The number of likely N-dealkylation sites (tertiary alicyclic amines) is 1. The summed E-state index contributed by atoms with van der Waals surface area (Å²) in [5.41, 5.74) is 1.51. The number of piperidine rings is 1. The molecule has 1 heterocycles. The van der Waals surface area contributed by atoms with E-state index in [1.165, 1.54) is 0 Å². The van der Waals surface area contributed by atoms with E-state index >= 15 is 0 Å². The molecule has 0 saturated carbocycles. The SMILES string of the molecule is CCN1CCC(Oc2cccc(CNC(=O)c3ccccc3)c2Oc2ccccc2)CC1. The molecule has 0 aliphatic carbocycles. The van der Waals surface area contributed by atoms with Gasteiger partial charge in [-0.25, -0.2) is 0 Å². The van der Waals surface area contributed by atoms with Gasteiger partial charge in [0.25, 0.3) is 5.91 Å². The van der Waals surface area contributed by atoms with E-state index in [1.54, 1.807) is 12.1 Å². The third kappa shape index (κ3) is 5.68. The van der Waals surface area contributed by atoms with Crippen LogP contribution in [0, 0.1) is 0 Å². The van der Waals surface area contributed by atoms with Crippen molar-refractivity contribution in [2.24, 2.45) is 0 Å². The van der Waals surface area contributed by atoms with Crippen molar-refractivity contribution in [1.29, 1.82) is 0 Å². The zero-order chi connectivity index (χ0) is 22.2. The molecule has 5 nitrogen and oxygen atoms in total. The molecule has 0 unspecified atom stereocenters. The van der Waals surface area contributed by atoms with Crippen molar-refractivity contribution in [2.75, 3.05) is 19.6 Å². The van der Waals surface area contributed by atoms with E-state index < -0.39 is 0 Å². The first-order valence-electron chi connectivity index (χ1n) is 11.3. The van der Waals surface area contributed by atoms with Gasteiger partial charge in [-0.3, -0.25) is 4.79 Å². The first-order chi connectivity index (χ1) is 15.7. The maximum absolute atomic E-state index is 12.6. The molecule has 0 spiro atoms. The number of ether oxygens (including phenoxy) is 2. The van der Waals surface area contributed by atoms with Crippen molar-refractivity contribution >= 4 is 5.91 Å². The second kappa shape index (κ2) is 10.8. The lowest BCUT2D eigenvalue weighted by molar-refractivity contribution is 0.0948. The third-order valence-electron chi connectivity index (χ3n) is 5.77. The monoisotopic (exact) mass is 430 g/mol. The molecule has 5 heteroatoms. The molecule has 166 valence electrons. The van der Waals surface area contributed by atoms with Crippen LogP contribution in [0.1, 0.15) is 35.7 Å². The lowest BCUT2D eigenvalue weighted by Gasteiger charge is -2.31. The van der Waals surface area contributed by atoms with Gasteiger partial charge in [-0.05, 0) is 49.7 Å². The van der Waals surface area contributed by atoms with E-state index in [4.69, 9.17) is 9.47 Å². The fourth-order valence-electron chi connectivity index (χ4n) is 3.91. The Morgan fingerprint density at radius 1 is 0.938 bits per heavy atom. The topological polar surface area (TPSA) is 50.8 Å². The van der Waals surface area contributed by atoms with Crippen LogP contribution in [-0.2, 0) is 6.54 Å². The van der Waals surface area contributed by atoms with Crippen LogP contribution in [0.2, 0.25) is 0 Å². The number of hydrogen-bond acceptors (Lipinski definition) is 4. The number of carbonyl (C=O) groups is 1. The average Bonchev–Trinajstić information content (AvgIpc) is 2.85. The van der Waals surface area contributed by atoms with Crippen LogP contribution in [0.4, 0.5) is 0 Å². The van der Waals surface area contributed by atoms with E-state index in [2.05, 4.69) is 17.1 Å². The predicted molar refractivity (Wildman–Crippen MR) is 126 cm³/mol. The first-order valence-corrected chi connectivity index (χ1v) is 11.3. The number of hydrogen-bond donors (Lipinski definition) is 1. The Balaban J connectivity index is 1.53. The van der Waals surface area contributed by atoms with E-state index in [9.17, 15) is 4.79 Å². The molecular weight excluding hydrogens is 400 g/mol. The van der Waals surface area contributed by atoms with Crippen molar-refractivity contribution in [2.45, 2.75) is 32.4 Å². The minimum atomic E-state index is -0.116. The fraction of sp³-hybridized carbons (Fsp3) is 0.296. The van der Waals surface area contributed by atoms with Crippen LogP contribution in [-0.4, -0.2) is 36.5 Å². The van der Waals surface area contributed by atoms with Gasteiger partial charge in [-0.2, -0.15) is 0 Å². The Bertz CT molecular complexity index is 1000. The van der Waals surface area contributed by atoms with Gasteiger partial charge < -0.3 is 19.7 Å². The molecule has 4 rings (SSSR count). The Hall–Kier alpha value is -3.31. The summed E-state index contributed by atoms with van der Waals surface area (Å²) < 4.78 is 12.7. The summed E-state index contributed by atoms with van der Waals surface area (Å²) in [4.78, 5) is 15.0. The number of para-hydroxylation sites is 2. The normalized spacial score (nSPS) is 14.7. The first kappa shape index (κ1) is 21.9. The van der Waals surface area contributed by atoms with Crippen molar-refractivity contribution in [3.05, 3.63) is 90.0 Å². The fourth-order valence-corrected chi connectivity index (χ4v) is 3.91. The number of carbonyl (C=O) groups excluding carboxylic acids is 1. The highest BCUT2D eigenvalue weighted by Gasteiger charge is 2.22. The van der Waals surface area contributed by atoms with Gasteiger partial charge >= 0.3 is 0 Å². The molecule has 1 aliphatic heterocycles. The van der Waals surface area contributed by atoms with E-state index in [0.717, 1.165) is 49.5 Å². The van der Waals surface area contributed by atoms with Crippen LogP contribution < -0.4 is 14.8 Å². The van der Waals surface area contributed by atoms with Gasteiger partial charge in [0.05, 0.1) is 0 Å². The zero-order valence-electron chi connectivity index (χ0n) is 18.5. The lowest BCUT2D eigenvalue weighted by Crippen LogP contribution is -2.38. The van der Waals surface area contributed by atoms with Crippen LogP contribution in [0.15, 0.2) is 78.9 Å². The molecule has 0 atom stereocenters. The standard InChI is InChI=1S/C27H30N2O3/c1-2-29-18-16-24(17-19-29)31-25-15-9-12-22(26(25)32-23-13-7-4-8-14-23)20-28-27(30)21-10-5-3-6-11-21/h3-15,24H,2,16-20H2,1H3,(H,28,30). The number of nitrogens with one attached hydrogen (secondary N) is 1. The second-order valence-corrected chi connectivity index (χ2v) is 7.96. The number of nitrogens with zero attached hydrogens (tertiary/aromatic N) is 1. The highest BCUT2D eigenvalue weighted by molar-refractivity contribution is 5.94. The summed E-state index contributed by atoms with van der Waals surface area (Å²) >= 11 is 0. The molecule has 3 aromatic rings. The molecule has 0 radical (unpaired) electrons. The summed E-state index contributed by atoms with van der Waals surface area (Å²) in [6, 6.07) is 24.8. The third-order valence-corrected chi connectivity index (χ3v) is 5.77. The summed E-state index contributed by atoms with van der Waals surface area (Å²) in [7, 11) is 0. The average molecular weight is 431 g/mol. The predicted octanol–water partition coefficient (Wildman–Crippen LogP) is 5.27. The molecule has 0 bridgehead atoms. The Morgan fingerprint density at radius 2 is 1.62 bits per heavy atom. The summed E-state index contributed by atoms with van der Waals surface area (Å²) in [5.74, 6) is 2.00. The molecule has 1 aliphatic rings.